The highest BCUT2D eigenvalue weighted by molar-refractivity contribution is 7.89. The van der Waals surface area contributed by atoms with E-state index in [-0.39, 0.29) is 15.0 Å². The maximum atomic E-state index is 12.8. The maximum Gasteiger partial charge on any atom is 0.291 e. The van der Waals surface area contributed by atoms with Crippen LogP contribution >= 0.6 is 22.9 Å². The van der Waals surface area contributed by atoms with Gasteiger partial charge in [0.05, 0.1) is 21.6 Å². The van der Waals surface area contributed by atoms with E-state index in [0.717, 1.165) is 12.8 Å². The molecule has 4 rings (SSSR count). The fourth-order valence-corrected chi connectivity index (χ4v) is 4.95. The SMILES string of the molecule is CC1(NS(=O)(=O)c2cc(Cl)c3cnn(-c4nnc(C(F)F)s4)c3c2)CC1. The summed E-state index contributed by atoms with van der Waals surface area (Å²) in [5.41, 5.74) is -0.0953. The molecule has 12 heteroatoms. The third kappa shape index (κ3) is 3.08. The predicted octanol–water partition coefficient (Wildman–Crippen LogP) is 3.30. The minimum atomic E-state index is -3.78. The van der Waals surface area contributed by atoms with Crippen molar-refractivity contribution in [2.45, 2.75) is 36.6 Å². The Kier molecular flexibility index (Phi) is 4.03. The largest absolute Gasteiger partial charge is 0.291 e. The molecule has 1 saturated carbocycles. The monoisotopic (exact) mass is 419 g/mol. The molecule has 7 nitrogen and oxygen atoms in total. The molecule has 138 valence electrons. The van der Waals surface area contributed by atoms with Crippen LogP contribution in [-0.4, -0.2) is 33.9 Å². The van der Waals surface area contributed by atoms with Gasteiger partial charge in [0.25, 0.3) is 6.43 Å². The summed E-state index contributed by atoms with van der Waals surface area (Å²) in [5.74, 6) is 0. The van der Waals surface area contributed by atoms with E-state index in [4.69, 9.17) is 11.6 Å². The highest BCUT2D eigenvalue weighted by Crippen LogP contribution is 2.37. The molecule has 0 spiro atoms. The van der Waals surface area contributed by atoms with E-state index in [1.165, 1.54) is 23.0 Å². The van der Waals surface area contributed by atoms with Crippen molar-refractivity contribution in [2.24, 2.45) is 0 Å². The Bertz CT molecular complexity index is 1110. The highest BCUT2D eigenvalue weighted by atomic mass is 35.5. The van der Waals surface area contributed by atoms with Gasteiger partial charge in [0.15, 0.2) is 5.01 Å². The Morgan fingerprint density at radius 1 is 1.35 bits per heavy atom. The smallest absolute Gasteiger partial charge is 0.207 e. The van der Waals surface area contributed by atoms with E-state index in [1.807, 2.05) is 6.92 Å². The lowest BCUT2D eigenvalue weighted by Gasteiger charge is -2.12. The average molecular weight is 420 g/mol. The van der Waals surface area contributed by atoms with Crippen molar-refractivity contribution in [1.29, 1.82) is 0 Å². The molecule has 1 aliphatic rings. The number of sulfonamides is 1. The summed E-state index contributed by atoms with van der Waals surface area (Å²) in [4.78, 5) is -0.0246. The van der Waals surface area contributed by atoms with Crippen molar-refractivity contribution >= 4 is 43.9 Å². The van der Waals surface area contributed by atoms with Crippen molar-refractivity contribution < 1.29 is 17.2 Å². The number of alkyl halides is 2. The van der Waals surface area contributed by atoms with Crippen LogP contribution in [0.3, 0.4) is 0 Å². The molecule has 0 unspecified atom stereocenters. The molecule has 1 fully saturated rings. The van der Waals surface area contributed by atoms with E-state index in [9.17, 15) is 17.2 Å². The molecule has 2 aromatic heterocycles. The van der Waals surface area contributed by atoms with Gasteiger partial charge in [0.1, 0.15) is 0 Å². The molecule has 0 amide bonds. The Balaban J connectivity index is 1.82. The molecule has 0 bridgehead atoms. The molecular weight excluding hydrogens is 408 g/mol. The molecule has 26 heavy (non-hydrogen) atoms. The maximum absolute atomic E-state index is 12.8. The lowest BCUT2D eigenvalue weighted by atomic mass is 10.2. The lowest BCUT2D eigenvalue weighted by molar-refractivity contribution is 0.150. The Morgan fingerprint density at radius 2 is 2.08 bits per heavy atom. The summed E-state index contributed by atoms with van der Waals surface area (Å²) in [7, 11) is -3.78. The van der Waals surface area contributed by atoms with Gasteiger partial charge in [-0.05, 0) is 31.9 Å². The fourth-order valence-electron chi connectivity index (χ4n) is 2.44. The van der Waals surface area contributed by atoms with Gasteiger partial charge in [-0.15, -0.1) is 10.2 Å². The van der Waals surface area contributed by atoms with E-state index in [1.54, 1.807) is 0 Å². The fraction of sp³-hybridized carbons (Fsp3) is 0.357. The van der Waals surface area contributed by atoms with Crippen molar-refractivity contribution in [2.75, 3.05) is 0 Å². The number of nitrogens with zero attached hydrogens (tertiary/aromatic N) is 4. The quantitative estimate of drug-likeness (QED) is 0.685. The van der Waals surface area contributed by atoms with Crippen LogP contribution in [0.5, 0.6) is 0 Å². The second-order valence-corrected chi connectivity index (χ2v) is 9.36. The summed E-state index contributed by atoms with van der Waals surface area (Å²) in [6.07, 6.45) is 0.210. The zero-order chi connectivity index (χ0) is 18.7. The Morgan fingerprint density at radius 3 is 2.69 bits per heavy atom. The third-order valence-corrected chi connectivity index (χ3v) is 6.94. The first-order chi connectivity index (χ1) is 12.2. The van der Waals surface area contributed by atoms with Crippen molar-refractivity contribution in [3.63, 3.8) is 0 Å². The lowest BCUT2D eigenvalue weighted by Crippen LogP contribution is -2.34. The van der Waals surface area contributed by atoms with E-state index >= 15 is 0 Å². The summed E-state index contributed by atoms with van der Waals surface area (Å²) in [5, 5.41) is 11.5. The summed E-state index contributed by atoms with van der Waals surface area (Å²) < 4.78 is 54.6. The molecular formula is C14H12ClF2N5O2S2. The summed E-state index contributed by atoms with van der Waals surface area (Å²) >= 11 is 6.89. The van der Waals surface area contributed by atoms with Crippen LogP contribution in [0.15, 0.2) is 23.2 Å². The molecule has 0 radical (unpaired) electrons. The predicted molar refractivity (Wildman–Crippen MR) is 92.5 cm³/mol. The van der Waals surface area contributed by atoms with Gasteiger partial charge >= 0.3 is 0 Å². The summed E-state index contributed by atoms with van der Waals surface area (Å²) in [6, 6.07) is 2.74. The number of benzene rings is 1. The van der Waals surface area contributed by atoms with Crippen LogP contribution in [0, 0.1) is 0 Å². The van der Waals surface area contributed by atoms with Crippen LogP contribution in [-0.2, 0) is 10.0 Å². The highest BCUT2D eigenvalue weighted by Gasteiger charge is 2.41. The average Bonchev–Trinajstić information content (AvgIpc) is 3.00. The molecule has 1 aromatic carbocycles. The van der Waals surface area contributed by atoms with Crippen molar-refractivity contribution in [3.8, 4) is 5.13 Å². The van der Waals surface area contributed by atoms with Gasteiger partial charge in [-0.3, -0.25) is 0 Å². The van der Waals surface area contributed by atoms with Crippen LogP contribution in [0.25, 0.3) is 16.0 Å². The molecule has 0 aliphatic heterocycles. The first-order valence-corrected chi connectivity index (χ1v) is 10.2. The van der Waals surface area contributed by atoms with Crippen LogP contribution < -0.4 is 4.72 Å². The zero-order valence-corrected chi connectivity index (χ0v) is 15.7. The Hall–Kier alpha value is -1.69. The molecule has 0 saturated heterocycles. The van der Waals surface area contributed by atoms with Gasteiger partial charge < -0.3 is 0 Å². The third-order valence-electron chi connectivity index (χ3n) is 4.10. The van der Waals surface area contributed by atoms with Crippen LogP contribution in [0.4, 0.5) is 8.78 Å². The number of hydrogen-bond donors (Lipinski definition) is 1. The number of aromatic nitrogens is 4. The molecule has 3 aromatic rings. The first-order valence-electron chi connectivity index (χ1n) is 7.52. The van der Waals surface area contributed by atoms with Gasteiger partial charge in [-0.1, -0.05) is 22.9 Å². The van der Waals surface area contributed by atoms with E-state index < -0.39 is 27.0 Å². The van der Waals surface area contributed by atoms with E-state index in [0.29, 0.717) is 22.2 Å². The second kappa shape index (κ2) is 5.91. The van der Waals surface area contributed by atoms with Crippen molar-refractivity contribution in [3.05, 3.63) is 28.4 Å². The number of fused-ring (bicyclic) bond motifs is 1. The molecule has 2 heterocycles. The minimum Gasteiger partial charge on any atom is -0.207 e. The first kappa shape index (κ1) is 17.7. The zero-order valence-electron chi connectivity index (χ0n) is 13.3. The topological polar surface area (TPSA) is 89.8 Å². The standard InChI is InChI=1S/C14H12ClF2N5O2S2/c1-14(2-3-14)21-26(23,24)7-4-9(15)8-6-18-22(10(8)5-7)13-20-19-12(25-13)11(16)17/h4-6,11,21H,2-3H2,1H3. The minimum absolute atomic E-state index is 0.0246. The van der Waals surface area contributed by atoms with Crippen LogP contribution in [0.2, 0.25) is 5.02 Å². The number of rotatable bonds is 5. The van der Waals surface area contributed by atoms with Gasteiger partial charge in [-0.2, -0.15) is 5.10 Å². The molecule has 0 atom stereocenters. The van der Waals surface area contributed by atoms with E-state index in [2.05, 4.69) is 20.0 Å². The normalized spacial score (nSPS) is 16.5. The van der Waals surface area contributed by atoms with Gasteiger partial charge in [0.2, 0.25) is 15.2 Å². The van der Waals surface area contributed by atoms with Crippen LogP contribution in [0.1, 0.15) is 31.2 Å². The van der Waals surface area contributed by atoms with Crippen molar-refractivity contribution in [1.82, 2.24) is 24.7 Å². The molecule has 1 N–H and O–H groups in total. The second-order valence-electron chi connectivity index (χ2n) is 6.28. The number of hydrogen-bond acceptors (Lipinski definition) is 6. The van der Waals surface area contributed by atoms with Gasteiger partial charge in [-0.25, -0.2) is 26.6 Å². The Labute approximate surface area is 156 Å². The molecule has 1 aliphatic carbocycles. The number of nitrogens with one attached hydrogen (secondary N) is 1. The van der Waals surface area contributed by atoms with Gasteiger partial charge in [0, 0.05) is 10.9 Å². The summed E-state index contributed by atoms with van der Waals surface area (Å²) in [6.45, 7) is 1.82. The number of halogens is 3.